The Bertz CT molecular complexity index is 1030. The molecule has 1 N–H and O–H groups in total. The number of aromatic nitrogens is 1. The Hall–Kier alpha value is -2.64. The van der Waals surface area contributed by atoms with Gasteiger partial charge in [-0.1, -0.05) is 12.1 Å². The van der Waals surface area contributed by atoms with Crippen molar-refractivity contribution in [2.75, 3.05) is 18.5 Å². The normalized spacial score (nSPS) is 15.8. The average Bonchev–Trinajstić information content (AvgIpc) is 3.09. The number of rotatable bonds is 4. The molecule has 0 spiro atoms. The standard InChI is InChI=1S/C22H20F2N2O2S/c1-14-19(15-5-7-17(23)8-6-15)25-21(29-14)26-20(27)22(9-11-28-12-10-22)16-3-2-4-18(24)13-16/h2-8,13H,9-12H2,1H3,(H,25,26,27). The molecule has 0 radical (unpaired) electrons. The lowest BCUT2D eigenvalue weighted by molar-refractivity contribution is -0.125. The summed E-state index contributed by atoms with van der Waals surface area (Å²) in [5.74, 6) is -0.901. The van der Waals surface area contributed by atoms with Gasteiger partial charge >= 0.3 is 0 Å². The fourth-order valence-corrected chi connectivity index (χ4v) is 4.53. The van der Waals surface area contributed by atoms with Crippen molar-refractivity contribution in [1.29, 1.82) is 0 Å². The fourth-order valence-electron chi connectivity index (χ4n) is 3.70. The molecule has 7 heteroatoms. The first-order chi connectivity index (χ1) is 14.0. The van der Waals surface area contributed by atoms with E-state index >= 15 is 0 Å². The first-order valence-corrected chi connectivity index (χ1v) is 10.2. The highest BCUT2D eigenvalue weighted by Gasteiger charge is 2.42. The minimum absolute atomic E-state index is 0.217. The third-order valence-corrected chi connectivity index (χ3v) is 6.18. The lowest BCUT2D eigenvalue weighted by atomic mass is 9.73. The zero-order chi connectivity index (χ0) is 20.4. The van der Waals surface area contributed by atoms with E-state index in [4.69, 9.17) is 4.74 Å². The lowest BCUT2D eigenvalue weighted by Crippen LogP contribution is -2.44. The number of amides is 1. The highest BCUT2D eigenvalue weighted by atomic mass is 32.1. The summed E-state index contributed by atoms with van der Waals surface area (Å²) in [6, 6.07) is 12.3. The summed E-state index contributed by atoms with van der Waals surface area (Å²) < 4.78 is 32.5. The van der Waals surface area contributed by atoms with Crippen LogP contribution < -0.4 is 5.32 Å². The number of ether oxygens (including phenoxy) is 1. The molecule has 1 aromatic heterocycles. The Morgan fingerprint density at radius 3 is 2.52 bits per heavy atom. The molecule has 1 fully saturated rings. The Balaban J connectivity index is 1.63. The van der Waals surface area contributed by atoms with Crippen molar-refractivity contribution in [1.82, 2.24) is 4.98 Å². The molecule has 1 aliphatic rings. The van der Waals surface area contributed by atoms with E-state index < -0.39 is 5.41 Å². The maximum Gasteiger partial charge on any atom is 0.236 e. The summed E-state index contributed by atoms with van der Waals surface area (Å²) in [4.78, 5) is 18.8. The number of hydrogen-bond donors (Lipinski definition) is 1. The minimum atomic E-state index is -0.865. The molecule has 3 aromatic rings. The second-order valence-corrected chi connectivity index (χ2v) is 8.29. The van der Waals surface area contributed by atoms with Crippen molar-refractivity contribution < 1.29 is 18.3 Å². The number of hydrogen-bond acceptors (Lipinski definition) is 4. The van der Waals surface area contributed by atoms with Gasteiger partial charge in [-0.3, -0.25) is 4.79 Å². The van der Waals surface area contributed by atoms with Crippen molar-refractivity contribution in [3.63, 3.8) is 0 Å². The van der Waals surface area contributed by atoms with Crippen molar-refractivity contribution in [2.45, 2.75) is 25.2 Å². The maximum atomic E-state index is 13.9. The van der Waals surface area contributed by atoms with E-state index in [0.29, 0.717) is 42.4 Å². The Morgan fingerprint density at radius 1 is 1.10 bits per heavy atom. The summed E-state index contributed by atoms with van der Waals surface area (Å²) in [7, 11) is 0. The summed E-state index contributed by atoms with van der Waals surface area (Å²) in [6.07, 6.45) is 0.939. The third-order valence-electron chi connectivity index (χ3n) is 5.29. The van der Waals surface area contributed by atoms with E-state index in [0.717, 1.165) is 10.4 Å². The fraction of sp³-hybridized carbons (Fsp3) is 0.273. The molecule has 0 aliphatic carbocycles. The van der Waals surface area contributed by atoms with Gasteiger partial charge in [0.1, 0.15) is 11.6 Å². The number of nitrogens with one attached hydrogen (secondary N) is 1. The summed E-state index contributed by atoms with van der Waals surface area (Å²) in [6.45, 7) is 2.77. The lowest BCUT2D eigenvalue weighted by Gasteiger charge is -2.36. The zero-order valence-electron chi connectivity index (χ0n) is 15.9. The van der Waals surface area contributed by atoms with Crippen molar-refractivity contribution in [3.8, 4) is 11.3 Å². The van der Waals surface area contributed by atoms with Crippen LogP contribution in [0.4, 0.5) is 13.9 Å². The number of thiazole rings is 1. The predicted octanol–water partition coefficient (Wildman–Crippen LogP) is 5.08. The quantitative estimate of drug-likeness (QED) is 0.647. The van der Waals surface area contributed by atoms with Crippen molar-refractivity contribution in [2.24, 2.45) is 0 Å². The van der Waals surface area contributed by atoms with E-state index in [1.165, 1.54) is 35.6 Å². The third kappa shape index (κ3) is 3.93. The highest BCUT2D eigenvalue weighted by Crippen LogP contribution is 2.38. The molecule has 150 valence electrons. The predicted molar refractivity (Wildman–Crippen MR) is 109 cm³/mol. The van der Waals surface area contributed by atoms with Crippen LogP contribution in [0.3, 0.4) is 0 Å². The van der Waals surface area contributed by atoms with Crippen LogP contribution in [-0.2, 0) is 14.9 Å². The number of halogens is 2. The van der Waals surface area contributed by atoms with Crippen molar-refractivity contribution >= 4 is 22.4 Å². The van der Waals surface area contributed by atoms with Crippen LogP contribution in [-0.4, -0.2) is 24.1 Å². The molecule has 0 saturated carbocycles. The molecule has 29 heavy (non-hydrogen) atoms. The van der Waals surface area contributed by atoms with Gasteiger partial charge in [0, 0.05) is 23.7 Å². The number of carbonyl (C=O) groups excluding carboxylic acids is 1. The number of anilines is 1. The number of benzene rings is 2. The first-order valence-electron chi connectivity index (χ1n) is 9.36. The minimum Gasteiger partial charge on any atom is -0.381 e. The van der Waals surface area contributed by atoms with Crippen LogP contribution in [0.15, 0.2) is 48.5 Å². The van der Waals surface area contributed by atoms with Crippen LogP contribution in [0.2, 0.25) is 0 Å². The van der Waals surface area contributed by atoms with Gasteiger partial charge in [0.25, 0.3) is 0 Å². The van der Waals surface area contributed by atoms with Gasteiger partial charge in [-0.25, -0.2) is 13.8 Å². The zero-order valence-corrected chi connectivity index (χ0v) is 16.7. The van der Waals surface area contributed by atoms with Crippen molar-refractivity contribution in [3.05, 3.63) is 70.6 Å². The molecule has 4 rings (SSSR count). The molecular formula is C22H20F2N2O2S. The molecule has 0 atom stereocenters. The van der Waals surface area contributed by atoms with E-state index in [1.807, 2.05) is 6.92 Å². The SMILES string of the molecule is Cc1sc(NC(=O)C2(c3cccc(F)c3)CCOCC2)nc1-c1ccc(F)cc1. The van der Waals surface area contributed by atoms with Gasteiger partial charge in [0.05, 0.1) is 11.1 Å². The summed E-state index contributed by atoms with van der Waals surface area (Å²) in [5, 5.41) is 3.40. The van der Waals surface area contributed by atoms with Gasteiger partial charge in [-0.15, -0.1) is 11.3 Å². The summed E-state index contributed by atoms with van der Waals surface area (Å²) >= 11 is 1.36. The monoisotopic (exact) mass is 414 g/mol. The van der Waals surface area contributed by atoms with E-state index in [9.17, 15) is 13.6 Å². The molecular weight excluding hydrogens is 394 g/mol. The number of aryl methyl sites for hydroxylation is 1. The first kappa shape index (κ1) is 19.7. The average molecular weight is 414 g/mol. The van der Waals surface area contributed by atoms with Gasteiger partial charge in [-0.05, 0) is 61.7 Å². The van der Waals surface area contributed by atoms with Crippen LogP contribution in [0, 0.1) is 18.6 Å². The summed E-state index contributed by atoms with van der Waals surface area (Å²) in [5.41, 5.74) is 1.27. The molecule has 2 aromatic carbocycles. The smallest absolute Gasteiger partial charge is 0.236 e. The molecule has 4 nitrogen and oxygen atoms in total. The van der Waals surface area contributed by atoms with Gasteiger partial charge in [-0.2, -0.15) is 0 Å². The second kappa shape index (κ2) is 8.00. The second-order valence-electron chi connectivity index (χ2n) is 7.09. The van der Waals surface area contributed by atoms with Crippen LogP contribution >= 0.6 is 11.3 Å². The van der Waals surface area contributed by atoms with E-state index in [1.54, 1.807) is 24.3 Å². The Kier molecular flexibility index (Phi) is 5.43. The van der Waals surface area contributed by atoms with E-state index in [-0.39, 0.29) is 17.5 Å². The molecule has 0 bridgehead atoms. The molecule has 0 unspecified atom stereocenters. The molecule has 2 heterocycles. The number of carbonyl (C=O) groups is 1. The highest BCUT2D eigenvalue weighted by molar-refractivity contribution is 7.16. The van der Waals surface area contributed by atoms with Gasteiger partial charge in [0.2, 0.25) is 5.91 Å². The maximum absolute atomic E-state index is 13.9. The topological polar surface area (TPSA) is 51.2 Å². The van der Waals surface area contributed by atoms with E-state index in [2.05, 4.69) is 10.3 Å². The molecule has 1 aliphatic heterocycles. The van der Waals surface area contributed by atoms with Crippen LogP contribution in [0.5, 0.6) is 0 Å². The number of nitrogens with zero attached hydrogens (tertiary/aromatic N) is 1. The Morgan fingerprint density at radius 2 is 1.83 bits per heavy atom. The van der Waals surface area contributed by atoms with Gasteiger partial charge < -0.3 is 10.1 Å². The van der Waals surface area contributed by atoms with Gasteiger partial charge in [0.15, 0.2) is 5.13 Å². The van der Waals surface area contributed by atoms with Crippen LogP contribution in [0.25, 0.3) is 11.3 Å². The van der Waals surface area contributed by atoms with Crippen LogP contribution in [0.1, 0.15) is 23.3 Å². The molecule has 1 saturated heterocycles. The Labute approximate surface area is 171 Å². The largest absolute Gasteiger partial charge is 0.381 e. The molecule has 1 amide bonds.